The van der Waals surface area contributed by atoms with Crippen molar-refractivity contribution >= 4 is 23.0 Å². The topological polar surface area (TPSA) is 51.8 Å². The molecular weight excluding hydrogens is 360 g/mol. The Bertz CT molecular complexity index is 748. The van der Waals surface area contributed by atoms with E-state index in [4.69, 9.17) is 26.4 Å². The molecule has 6 heteroatoms. The first-order chi connectivity index (χ1) is 13.0. The van der Waals surface area contributed by atoms with Gasteiger partial charge in [0.05, 0.1) is 33.1 Å². The minimum atomic E-state index is 0.0974. The van der Waals surface area contributed by atoms with Crippen LogP contribution in [0, 0.1) is 5.92 Å². The normalized spacial score (nSPS) is 11.6. The van der Waals surface area contributed by atoms with Crippen LogP contribution in [0.25, 0.3) is 0 Å². The Morgan fingerprint density at radius 1 is 0.926 bits per heavy atom. The summed E-state index contributed by atoms with van der Waals surface area (Å²) in [6.07, 6.45) is 0.952. The molecule has 0 heterocycles. The van der Waals surface area contributed by atoms with Gasteiger partial charge in [-0.05, 0) is 54.4 Å². The highest BCUT2D eigenvalue weighted by Gasteiger charge is 2.16. The highest BCUT2D eigenvalue weighted by atomic mass is 32.1. The standard InChI is InChI=1S/C21H28N2O3S/c1-14(2)12-19(15-6-8-16(24-3)9-7-15)23-21(27)22-18-11-10-17(25-4)13-20(18)26-5/h6-11,13-14,19H,12H2,1-5H3,(H2,22,23,27)/t19-/m1/s1. The van der Waals surface area contributed by atoms with E-state index in [2.05, 4.69) is 36.6 Å². The summed E-state index contributed by atoms with van der Waals surface area (Å²) < 4.78 is 15.9. The first kappa shape index (κ1) is 20.8. The van der Waals surface area contributed by atoms with Crippen LogP contribution in [0.3, 0.4) is 0 Å². The van der Waals surface area contributed by atoms with E-state index < -0.39 is 0 Å². The minimum Gasteiger partial charge on any atom is -0.497 e. The Hall–Kier alpha value is -2.47. The second-order valence-electron chi connectivity index (χ2n) is 6.62. The Labute approximate surface area is 167 Å². The smallest absolute Gasteiger partial charge is 0.171 e. The van der Waals surface area contributed by atoms with Gasteiger partial charge in [-0.25, -0.2) is 0 Å². The number of hydrogen-bond donors (Lipinski definition) is 2. The van der Waals surface area contributed by atoms with Gasteiger partial charge in [0.1, 0.15) is 17.2 Å². The zero-order valence-electron chi connectivity index (χ0n) is 16.5. The molecule has 0 saturated carbocycles. The molecule has 27 heavy (non-hydrogen) atoms. The maximum Gasteiger partial charge on any atom is 0.171 e. The maximum absolute atomic E-state index is 5.55. The second kappa shape index (κ2) is 10.0. The predicted molar refractivity (Wildman–Crippen MR) is 114 cm³/mol. The van der Waals surface area contributed by atoms with Crippen molar-refractivity contribution in [3.63, 3.8) is 0 Å². The number of thiocarbonyl (C=S) groups is 1. The van der Waals surface area contributed by atoms with Gasteiger partial charge < -0.3 is 24.8 Å². The fourth-order valence-corrected chi connectivity index (χ4v) is 3.06. The van der Waals surface area contributed by atoms with Crippen molar-refractivity contribution < 1.29 is 14.2 Å². The van der Waals surface area contributed by atoms with Gasteiger partial charge in [0.2, 0.25) is 0 Å². The van der Waals surface area contributed by atoms with Gasteiger partial charge in [0, 0.05) is 6.07 Å². The van der Waals surface area contributed by atoms with Crippen LogP contribution in [0.4, 0.5) is 5.69 Å². The van der Waals surface area contributed by atoms with E-state index in [1.165, 1.54) is 0 Å². The van der Waals surface area contributed by atoms with Gasteiger partial charge in [-0.15, -0.1) is 0 Å². The van der Waals surface area contributed by atoms with E-state index in [-0.39, 0.29) is 6.04 Å². The van der Waals surface area contributed by atoms with Crippen LogP contribution < -0.4 is 24.8 Å². The summed E-state index contributed by atoms with van der Waals surface area (Å²) >= 11 is 5.55. The van der Waals surface area contributed by atoms with Crippen molar-refractivity contribution in [1.82, 2.24) is 5.32 Å². The van der Waals surface area contributed by atoms with E-state index in [0.717, 1.165) is 29.2 Å². The van der Waals surface area contributed by atoms with Crippen molar-refractivity contribution in [1.29, 1.82) is 0 Å². The zero-order valence-corrected chi connectivity index (χ0v) is 17.4. The molecule has 0 amide bonds. The third kappa shape index (κ3) is 6.03. The molecular formula is C21H28N2O3S. The molecule has 2 rings (SSSR count). The molecule has 1 atom stereocenters. The van der Waals surface area contributed by atoms with Gasteiger partial charge in [0.15, 0.2) is 5.11 Å². The number of nitrogens with one attached hydrogen (secondary N) is 2. The second-order valence-corrected chi connectivity index (χ2v) is 7.03. The molecule has 0 aliphatic rings. The van der Waals surface area contributed by atoms with Gasteiger partial charge >= 0.3 is 0 Å². The lowest BCUT2D eigenvalue weighted by Crippen LogP contribution is -2.33. The maximum atomic E-state index is 5.55. The lowest BCUT2D eigenvalue weighted by atomic mass is 9.97. The van der Waals surface area contributed by atoms with Gasteiger partial charge in [0.25, 0.3) is 0 Å². The van der Waals surface area contributed by atoms with Crippen LogP contribution in [0.2, 0.25) is 0 Å². The largest absolute Gasteiger partial charge is 0.497 e. The van der Waals surface area contributed by atoms with Gasteiger partial charge in [-0.2, -0.15) is 0 Å². The van der Waals surface area contributed by atoms with Crippen LogP contribution in [-0.4, -0.2) is 26.4 Å². The summed E-state index contributed by atoms with van der Waals surface area (Å²) in [5.74, 6) is 2.75. The number of anilines is 1. The van der Waals surface area contributed by atoms with Gasteiger partial charge in [-0.1, -0.05) is 26.0 Å². The average Bonchev–Trinajstić information content (AvgIpc) is 2.67. The summed E-state index contributed by atoms with van der Waals surface area (Å²) in [4.78, 5) is 0. The molecule has 0 radical (unpaired) electrons. The van der Waals surface area contributed by atoms with Crippen molar-refractivity contribution in [3.8, 4) is 17.2 Å². The quantitative estimate of drug-likeness (QED) is 0.635. The van der Waals surface area contributed by atoms with Crippen LogP contribution in [0.15, 0.2) is 42.5 Å². The molecule has 0 aliphatic heterocycles. The van der Waals surface area contributed by atoms with E-state index in [9.17, 15) is 0 Å². The molecule has 2 aromatic rings. The first-order valence-corrected chi connectivity index (χ1v) is 9.31. The predicted octanol–water partition coefficient (Wildman–Crippen LogP) is 4.79. The third-order valence-corrected chi connectivity index (χ3v) is 4.41. The molecule has 0 aromatic heterocycles. The van der Waals surface area contributed by atoms with Crippen molar-refractivity contribution in [2.75, 3.05) is 26.6 Å². The SMILES string of the molecule is COc1ccc([C@@H](CC(C)C)NC(=S)Nc2ccc(OC)cc2OC)cc1. The summed E-state index contributed by atoms with van der Waals surface area (Å²) in [7, 11) is 4.91. The molecule has 0 unspecified atom stereocenters. The molecule has 0 bridgehead atoms. The average molecular weight is 389 g/mol. The van der Waals surface area contributed by atoms with Crippen LogP contribution >= 0.6 is 12.2 Å². The Morgan fingerprint density at radius 2 is 1.56 bits per heavy atom. The first-order valence-electron chi connectivity index (χ1n) is 8.90. The van der Waals surface area contributed by atoms with Gasteiger partial charge in [-0.3, -0.25) is 0 Å². The van der Waals surface area contributed by atoms with Crippen molar-refractivity contribution in [3.05, 3.63) is 48.0 Å². The van der Waals surface area contributed by atoms with E-state index in [0.29, 0.717) is 16.8 Å². The summed E-state index contributed by atoms with van der Waals surface area (Å²) in [6.45, 7) is 4.39. The number of rotatable bonds is 8. The highest BCUT2D eigenvalue weighted by Crippen LogP contribution is 2.29. The number of benzene rings is 2. The number of ether oxygens (including phenoxy) is 3. The van der Waals surface area contributed by atoms with E-state index >= 15 is 0 Å². The third-order valence-electron chi connectivity index (χ3n) is 4.19. The summed E-state index contributed by atoms with van der Waals surface area (Å²) in [6, 6.07) is 13.7. The molecule has 0 fully saturated rings. The Morgan fingerprint density at radius 3 is 2.11 bits per heavy atom. The van der Waals surface area contributed by atoms with Crippen molar-refractivity contribution in [2.24, 2.45) is 5.92 Å². The van der Waals surface area contributed by atoms with Crippen LogP contribution in [0.5, 0.6) is 17.2 Å². The molecule has 2 N–H and O–H groups in total. The van der Waals surface area contributed by atoms with Crippen LogP contribution in [-0.2, 0) is 0 Å². The molecule has 0 spiro atoms. The van der Waals surface area contributed by atoms with Crippen LogP contribution in [0.1, 0.15) is 31.9 Å². The molecule has 5 nitrogen and oxygen atoms in total. The Kier molecular flexibility index (Phi) is 7.73. The number of methoxy groups -OCH3 is 3. The fraction of sp³-hybridized carbons (Fsp3) is 0.381. The monoisotopic (exact) mass is 388 g/mol. The van der Waals surface area contributed by atoms with E-state index in [1.54, 1.807) is 21.3 Å². The molecule has 2 aromatic carbocycles. The van der Waals surface area contributed by atoms with Crippen molar-refractivity contribution in [2.45, 2.75) is 26.3 Å². The molecule has 0 aliphatic carbocycles. The minimum absolute atomic E-state index is 0.0974. The zero-order chi connectivity index (χ0) is 19.8. The Balaban J connectivity index is 2.13. The lowest BCUT2D eigenvalue weighted by Gasteiger charge is -2.24. The summed E-state index contributed by atoms with van der Waals surface area (Å²) in [5, 5.41) is 7.19. The summed E-state index contributed by atoms with van der Waals surface area (Å²) in [5.41, 5.74) is 1.95. The highest BCUT2D eigenvalue weighted by molar-refractivity contribution is 7.80. The lowest BCUT2D eigenvalue weighted by molar-refractivity contribution is 0.395. The number of hydrogen-bond acceptors (Lipinski definition) is 4. The molecule has 146 valence electrons. The van der Waals surface area contributed by atoms with E-state index in [1.807, 2.05) is 30.3 Å². The fourth-order valence-electron chi connectivity index (χ4n) is 2.80. The molecule has 0 saturated heterocycles.